The van der Waals surface area contributed by atoms with Crippen molar-refractivity contribution in [3.05, 3.63) is 65.7 Å². The molecule has 0 aliphatic carbocycles. The number of aliphatic carboxylic acids is 1. The van der Waals surface area contributed by atoms with Gasteiger partial charge >= 0.3 is 12.1 Å². The standard InChI is InChI=1S/C29H41N9O4.C2HF3O2/c1-29(2,3)22(27(42)37-21(24(32)39)10-7-15-35-28(33)34)38-26(41)20(25(40)36-19-8-5-4-6-9-19)16-17-11-13-18(14-12-17)23(30)31;3-2(4,5)1(6)7/h4-6,8-9,11-14,20-22H,7,10,15-16H2,1-3H3,(H3,30,31)(H2,32,39)(H,36,40)(H,37,42)(H,38,41)(H4,33,34,35);(H,6,7)/t20?,21-,22?;/m0./s1. The number of carbonyl (C=O) groups excluding carboxylic acids is 4. The third-order valence-electron chi connectivity index (χ3n) is 6.68. The summed E-state index contributed by atoms with van der Waals surface area (Å²) in [5.41, 5.74) is 17.2. The maximum Gasteiger partial charge on any atom is 0.490 e. The third kappa shape index (κ3) is 15.2. The molecular weight excluding hydrogens is 651 g/mol. The molecule has 2 aromatic rings. The summed E-state index contributed by atoms with van der Waals surface area (Å²) in [4.78, 5) is 61.4. The number of alkyl halides is 3. The fourth-order valence-electron chi connectivity index (χ4n) is 4.10. The average Bonchev–Trinajstić information content (AvgIpc) is 2.99. The number of carbonyl (C=O) groups is 5. The Morgan fingerprint density at radius 3 is 1.84 bits per heavy atom. The molecule has 4 amide bonds. The number of hydrogen-bond donors (Lipinski definition) is 10. The minimum atomic E-state index is -5.08. The van der Waals surface area contributed by atoms with Crippen LogP contribution in [0.2, 0.25) is 0 Å². The summed E-state index contributed by atoms with van der Waals surface area (Å²) in [6, 6.07) is 13.1. The van der Waals surface area contributed by atoms with Crippen molar-refractivity contribution in [2.75, 3.05) is 11.9 Å². The highest BCUT2D eigenvalue weighted by molar-refractivity contribution is 6.07. The molecule has 0 aliphatic heterocycles. The first-order valence-electron chi connectivity index (χ1n) is 14.7. The highest BCUT2D eigenvalue weighted by atomic mass is 19.4. The molecule has 18 heteroatoms. The highest BCUT2D eigenvalue weighted by Gasteiger charge is 2.39. The lowest BCUT2D eigenvalue weighted by Crippen LogP contribution is -2.58. The summed E-state index contributed by atoms with van der Waals surface area (Å²) in [7, 11) is 0. The average molecular weight is 694 g/mol. The van der Waals surface area contributed by atoms with Gasteiger partial charge in [-0.1, -0.05) is 63.2 Å². The predicted molar refractivity (Wildman–Crippen MR) is 175 cm³/mol. The lowest BCUT2D eigenvalue weighted by atomic mass is 9.85. The second-order valence-electron chi connectivity index (χ2n) is 11.8. The molecule has 0 radical (unpaired) electrons. The maximum absolute atomic E-state index is 13.7. The molecule has 268 valence electrons. The molecule has 0 fully saturated rings. The van der Waals surface area contributed by atoms with E-state index in [1.165, 1.54) is 0 Å². The Labute approximate surface area is 280 Å². The van der Waals surface area contributed by atoms with Crippen LogP contribution in [0, 0.1) is 22.2 Å². The molecule has 2 unspecified atom stereocenters. The van der Waals surface area contributed by atoms with Crippen LogP contribution in [-0.4, -0.2) is 71.3 Å². The number of para-hydroxylation sites is 1. The number of carboxylic acid groups (broad SMARTS) is 1. The van der Waals surface area contributed by atoms with Gasteiger partial charge in [0.2, 0.25) is 23.6 Å². The van der Waals surface area contributed by atoms with E-state index in [9.17, 15) is 32.3 Å². The van der Waals surface area contributed by atoms with E-state index in [1.54, 1.807) is 75.4 Å². The van der Waals surface area contributed by atoms with Crippen LogP contribution in [0.5, 0.6) is 0 Å². The summed E-state index contributed by atoms with van der Waals surface area (Å²) in [5.74, 6) is -6.95. The number of halogens is 3. The number of primary amides is 1. The van der Waals surface area contributed by atoms with Gasteiger partial charge in [0.25, 0.3) is 0 Å². The van der Waals surface area contributed by atoms with Crippen molar-refractivity contribution in [2.24, 2.45) is 28.5 Å². The van der Waals surface area contributed by atoms with Gasteiger partial charge in [0, 0.05) is 17.8 Å². The van der Waals surface area contributed by atoms with Crippen LogP contribution >= 0.6 is 0 Å². The van der Waals surface area contributed by atoms with E-state index < -0.39 is 59.2 Å². The predicted octanol–water partition coefficient (Wildman–Crippen LogP) is 1.17. The van der Waals surface area contributed by atoms with E-state index in [0.29, 0.717) is 29.8 Å². The number of hydrogen-bond acceptors (Lipinski definition) is 7. The molecular formula is C31H42F3N9O6. The molecule has 2 rings (SSSR count). The van der Waals surface area contributed by atoms with Gasteiger partial charge in [0.1, 0.15) is 23.8 Å². The molecule has 0 saturated carbocycles. The first kappa shape index (κ1) is 41.3. The minimum absolute atomic E-state index is 0.00816. The van der Waals surface area contributed by atoms with Crippen LogP contribution in [0.25, 0.3) is 0 Å². The van der Waals surface area contributed by atoms with Crippen molar-refractivity contribution < 1.29 is 42.3 Å². The van der Waals surface area contributed by atoms with Gasteiger partial charge in [-0.25, -0.2) is 4.79 Å². The first-order chi connectivity index (χ1) is 22.6. The second kappa shape index (κ2) is 18.6. The molecule has 0 aromatic heterocycles. The Hall–Kier alpha value is -5.68. The fraction of sp³-hybridized carbons (Fsp3) is 0.387. The number of nitrogens with two attached hydrogens (primary N) is 3. The lowest BCUT2D eigenvalue weighted by molar-refractivity contribution is -0.192. The van der Waals surface area contributed by atoms with Crippen LogP contribution < -0.4 is 38.5 Å². The van der Waals surface area contributed by atoms with E-state index in [0.717, 1.165) is 0 Å². The smallest absolute Gasteiger partial charge is 0.475 e. The summed E-state index contributed by atoms with van der Waals surface area (Å²) in [6.07, 6.45) is -4.50. The van der Waals surface area contributed by atoms with Crippen LogP contribution in [0.15, 0.2) is 54.6 Å². The molecule has 0 aliphatic rings. The number of carboxylic acids is 1. The van der Waals surface area contributed by atoms with Gasteiger partial charge in [-0.2, -0.15) is 13.2 Å². The van der Waals surface area contributed by atoms with E-state index in [-0.39, 0.29) is 24.6 Å². The number of rotatable bonds is 14. The normalized spacial score (nSPS) is 12.9. The molecule has 49 heavy (non-hydrogen) atoms. The van der Waals surface area contributed by atoms with Gasteiger partial charge in [0.15, 0.2) is 5.96 Å². The first-order valence-corrected chi connectivity index (χ1v) is 14.7. The molecule has 13 N–H and O–H groups in total. The Bertz CT molecular complexity index is 1480. The Morgan fingerprint density at radius 2 is 1.39 bits per heavy atom. The zero-order valence-corrected chi connectivity index (χ0v) is 27.1. The minimum Gasteiger partial charge on any atom is -0.475 e. The van der Waals surface area contributed by atoms with E-state index in [1.807, 2.05) is 0 Å². The molecule has 0 heterocycles. The van der Waals surface area contributed by atoms with Gasteiger partial charge in [-0.05, 0) is 42.4 Å². The third-order valence-corrected chi connectivity index (χ3v) is 6.68. The van der Waals surface area contributed by atoms with Gasteiger partial charge in [-0.3, -0.25) is 30.0 Å². The number of anilines is 1. The van der Waals surface area contributed by atoms with Gasteiger partial charge in [-0.15, -0.1) is 0 Å². The van der Waals surface area contributed by atoms with Crippen molar-refractivity contribution in [3.8, 4) is 0 Å². The van der Waals surface area contributed by atoms with Crippen LogP contribution in [0.1, 0.15) is 44.7 Å². The number of nitrogen functional groups attached to an aromatic ring is 1. The van der Waals surface area contributed by atoms with Crippen LogP contribution in [0.3, 0.4) is 0 Å². The summed E-state index contributed by atoms with van der Waals surface area (Å²) in [5, 5.41) is 32.6. The Morgan fingerprint density at radius 1 is 0.837 bits per heavy atom. The molecule has 0 bridgehead atoms. The molecule has 2 aromatic carbocycles. The van der Waals surface area contributed by atoms with E-state index in [4.69, 9.17) is 37.9 Å². The Kier molecular flexibility index (Phi) is 15.7. The van der Waals surface area contributed by atoms with Gasteiger partial charge < -0.3 is 43.6 Å². The fourth-order valence-corrected chi connectivity index (χ4v) is 4.10. The van der Waals surface area contributed by atoms with Crippen molar-refractivity contribution in [3.63, 3.8) is 0 Å². The van der Waals surface area contributed by atoms with Crippen LogP contribution in [-0.2, 0) is 30.4 Å². The van der Waals surface area contributed by atoms with Crippen molar-refractivity contribution in [1.82, 2.24) is 16.0 Å². The SMILES string of the molecule is CC(C)(C)C(NC(=O)C(Cc1ccc(C(=N)N)cc1)C(=O)Nc1ccccc1)C(=O)N[C@@H](CCCNC(=N)N)C(N)=O.O=C(O)C(F)(F)F. The number of amides is 4. The monoisotopic (exact) mass is 693 g/mol. The topological polar surface area (TPSA) is 279 Å². The molecule has 0 saturated heterocycles. The highest BCUT2D eigenvalue weighted by Crippen LogP contribution is 2.22. The summed E-state index contributed by atoms with van der Waals surface area (Å²) in [6.45, 7) is 5.54. The zero-order valence-electron chi connectivity index (χ0n) is 27.1. The number of nitrogens with one attached hydrogen (secondary N) is 6. The molecule has 3 atom stereocenters. The van der Waals surface area contributed by atoms with Crippen molar-refractivity contribution >= 4 is 47.1 Å². The van der Waals surface area contributed by atoms with Crippen molar-refractivity contribution in [1.29, 1.82) is 10.8 Å². The zero-order chi connectivity index (χ0) is 37.5. The quantitative estimate of drug-likeness (QED) is 0.0587. The molecule has 0 spiro atoms. The number of amidine groups is 1. The second-order valence-corrected chi connectivity index (χ2v) is 11.8. The summed E-state index contributed by atoms with van der Waals surface area (Å²) < 4.78 is 31.7. The summed E-state index contributed by atoms with van der Waals surface area (Å²) >= 11 is 0. The number of guanidine groups is 1. The van der Waals surface area contributed by atoms with E-state index >= 15 is 0 Å². The van der Waals surface area contributed by atoms with Crippen LogP contribution in [0.4, 0.5) is 18.9 Å². The van der Waals surface area contributed by atoms with Gasteiger partial charge in [0.05, 0.1) is 0 Å². The van der Waals surface area contributed by atoms with E-state index in [2.05, 4.69) is 21.3 Å². The number of benzene rings is 2. The van der Waals surface area contributed by atoms with Crippen molar-refractivity contribution in [2.45, 2.75) is 58.3 Å². The Balaban J connectivity index is 0.00000154. The molecule has 15 nitrogen and oxygen atoms in total. The lowest BCUT2D eigenvalue weighted by Gasteiger charge is -2.32. The largest absolute Gasteiger partial charge is 0.490 e. The maximum atomic E-state index is 13.7.